The Morgan fingerprint density at radius 3 is 2.28 bits per heavy atom. The normalized spacial score (nSPS) is 11.2. The largest absolute Gasteiger partial charge is 0.384 e. The predicted molar refractivity (Wildman–Crippen MR) is 175 cm³/mol. The van der Waals surface area contributed by atoms with Crippen molar-refractivity contribution >= 4 is 63.1 Å². The van der Waals surface area contributed by atoms with E-state index < -0.39 is 14.9 Å². The van der Waals surface area contributed by atoms with E-state index in [0.717, 1.165) is 42.5 Å². The van der Waals surface area contributed by atoms with E-state index in [0.29, 0.717) is 29.7 Å². The van der Waals surface area contributed by atoms with E-state index in [4.69, 9.17) is 16.1 Å². The maximum Gasteiger partial charge on any atom is 0.270 e. The summed E-state index contributed by atoms with van der Waals surface area (Å²) in [6.45, 7) is 6.23. The molecule has 0 fully saturated rings. The van der Waals surface area contributed by atoms with Crippen molar-refractivity contribution in [2.24, 2.45) is 12.8 Å². The van der Waals surface area contributed by atoms with Crippen LogP contribution >= 0.6 is 24.8 Å². The van der Waals surface area contributed by atoms with E-state index in [1.807, 2.05) is 55.8 Å². The number of nitrogens with one attached hydrogen (secondary N) is 1. The summed E-state index contributed by atoms with van der Waals surface area (Å²) in [6, 6.07) is 18.1. The van der Waals surface area contributed by atoms with Gasteiger partial charge in [-0.3, -0.25) is 19.8 Å². The zero-order chi connectivity index (χ0) is 29.7. The zero-order valence-electron chi connectivity index (χ0n) is 24.3. The number of sulfonamides is 1. The van der Waals surface area contributed by atoms with Gasteiger partial charge in [0.05, 0.1) is 26.5 Å². The van der Waals surface area contributed by atoms with Gasteiger partial charge in [-0.1, -0.05) is 44.2 Å². The molecule has 0 atom stereocenters. The van der Waals surface area contributed by atoms with Crippen LogP contribution in [-0.4, -0.2) is 59.8 Å². The lowest BCUT2D eigenvalue weighted by atomic mass is 10.1. The van der Waals surface area contributed by atoms with Crippen molar-refractivity contribution in [3.05, 3.63) is 93.8 Å². The molecule has 0 radical (unpaired) electrons. The average molecular weight is 651 g/mol. The minimum absolute atomic E-state index is 0. The van der Waals surface area contributed by atoms with Gasteiger partial charge in [-0.05, 0) is 49.3 Å². The van der Waals surface area contributed by atoms with Crippen molar-refractivity contribution in [3.8, 4) is 0 Å². The standard InChI is InChI=1S/C29H35N7O4S.2ClH/c1-4-34(5-2)17-18-35(41(39,40)25-8-6-7-24(19-25)36(37)38)23-14-15-27-26(20-23)32-28(33(27)3)16-11-21-9-12-22(13-10-21)29(30)31;;/h6-10,12-15,19-20H,4-5,11,16-18H2,1-3H3,(H3,30,31);2*1H. The summed E-state index contributed by atoms with van der Waals surface area (Å²) in [4.78, 5) is 17.6. The Morgan fingerprint density at radius 2 is 1.67 bits per heavy atom. The lowest BCUT2D eigenvalue weighted by Gasteiger charge is -2.27. The van der Waals surface area contributed by atoms with Crippen LogP contribution in [0, 0.1) is 15.5 Å². The molecule has 0 unspecified atom stereocenters. The molecule has 0 amide bonds. The molecule has 0 aliphatic rings. The second-order valence-electron chi connectivity index (χ2n) is 9.73. The summed E-state index contributed by atoms with van der Waals surface area (Å²) < 4.78 is 31.0. The van der Waals surface area contributed by atoms with E-state index in [2.05, 4.69) is 4.90 Å². The van der Waals surface area contributed by atoms with Gasteiger partial charge < -0.3 is 15.2 Å². The van der Waals surface area contributed by atoms with Crippen LogP contribution in [0.2, 0.25) is 0 Å². The summed E-state index contributed by atoms with van der Waals surface area (Å²) >= 11 is 0. The highest BCUT2D eigenvalue weighted by molar-refractivity contribution is 7.92. The molecule has 43 heavy (non-hydrogen) atoms. The van der Waals surface area contributed by atoms with Gasteiger partial charge in [0.25, 0.3) is 15.7 Å². The smallest absolute Gasteiger partial charge is 0.270 e. The van der Waals surface area contributed by atoms with Crippen LogP contribution in [0.3, 0.4) is 0 Å². The zero-order valence-corrected chi connectivity index (χ0v) is 26.7. The number of hydrogen-bond donors (Lipinski definition) is 2. The second-order valence-corrected chi connectivity index (χ2v) is 11.6. The second kappa shape index (κ2) is 15.1. The number of likely N-dealkylation sites (N-methyl/N-ethyl adjacent to an activating group) is 1. The van der Waals surface area contributed by atoms with Gasteiger partial charge in [0.1, 0.15) is 11.7 Å². The third-order valence-corrected chi connectivity index (χ3v) is 9.10. The van der Waals surface area contributed by atoms with Gasteiger partial charge in [0.2, 0.25) is 0 Å². The minimum Gasteiger partial charge on any atom is -0.384 e. The number of amidine groups is 1. The number of nitrogen functional groups attached to an aromatic ring is 1. The summed E-state index contributed by atoms with van der Waals surface area (Å²) in [5.41, 5.74) is 9.01. The first-order valence-corrected chi connectivity index (χ1v) is 14.9. The highest BCUT2D eigenvalue weighted by Gasteiger charge is 2.27. The maximum atomic E-state index is 13.9. The predicted octanol–water partition coefficient (Wildman–Crippen LogP) is 4.93. The molecule has 4 aromatic rings. The topological polar surface area (TPSA) is 151 Å². The fraction of sp³-hybridized carbons (Fsp3) is 0.310. The fourth-order valence-electron chi connectivity index (χ4n) is 4.77. The Labute approximate surface area is 264 Å². The van der Waals surface area contributed by atoms with Crippen LogP contribution in [0.1, 0.15) is 30.8 Å². The molecule has 0 bridgehead atoms. The van der Waals surface area contributed by atoms with Crippen LogP contribution < -0.4 is 10.0 Å². The number of nitrogens with two attached hydrogens (primary N) is 1. The number of nitro groups is 1. The van der Waals surface area contributed by atoms with E-state index in [9.17, 15) is 18.5 Å². The van der Waals surface area contributed by atoms with E-state index in [1.54, 1.807) is 12.1 Å². The monoisotopic (exact) mass is 649 g/mol. The number of imidazole rings is 1. The number of rotatable bonds is 13. The SMILES string of the molecule is CCN(CC)CCN(c1ccc2c(c1)nc(CCc1ccc(C(=N)N)cc1)n2C)S(=O)(=O)c1cccc([N+](=O)[O-])c1.Cl.Cl. The van der Waals surface area contributed by atoms with Gasteiger partial charge in [0.15, 0.2) is 0 Å². The molecule has 11 nitrogen and oxygen atoms in total. The highest BCUT2D eigenvalue weighted by atomic mass is 35.5. The van der Waals surface area contributed by atoms with Crippen LogP contribution in [0.25, 0.3) is 11.0 Å². The number of aromatic nitrogens is 2. The Morgan fingerprint density at radius 1 is 1.00 bits per heavy atom. The summed E-state index contributed by atoms with van der Waals surface area (Å²) in [7, 11) is -2.17. The first kappa shape index (κ1) is 35.5. The van der Waals surface area contributed by atoms with Crippen LogP contribution in [0.4, 0.5) is 11.4 Å². The Bertz CT molecular complexity index is 1670. The van der Waals surface area contributed by atoms with E-state index >= 15 is 0 Å². The molecular weight excluding hydrogens is 613 g/mol. The minimum atomic E-state index is -4.11. The number of aryl methyl sites for hydroxylation is 3. The summed E-state index contributed by atoms with van der Waals surface area (Å²) in [5.74, 6) is 0.880. The molecule has 0 spiro atoms. The van der Waals surface area contributed by atoms with Gasteiger partial charge in [-0.15, -0.1) is 24.8 Å². The number of fused-ring (bicyclic) bond motifs is 1. The Hall–Kier alpha value is -3.71. The van der Waals surface area contributed by atoms with Gasteiger partial charge in [0, 0.05) is 44.3 Å². The molecule has 0 aliphatic heterocycles. The molecule has 3 N–H and O–H groups in total. The number of non-ortho nitro benzene ring substituents is 1. The quantitative estimate of drug-likeness (QED) is 0.0901. The molecule has 14 heteroatoms. The molecule has 0 saturated carbocycles. The Balaban J connectivity index is 0.00000323. The van der Waals surface area contributed by atoms with E-state index in [-0.39, 0.29) is 47.8 Å². The van der Waals surface area contributed by atoms with Crippen molar-refractivity contribution < 1.29 is 13.3 Å². The van der Waals surface area contributed by atoms with E-state index in [1.165, 1.54) is 22.5 Å². The molecule has 232 valence electrons. The lowest BCUT2D eigenvalue weighted by molar-refractivity contribution is -0.385. The molecule has 0 saturated heterocycles. The van der Waals surface area contributed by atoms with Crippen LogP contribution in [0.5, 0.6) is 0 Å². The van der Waals surface area contributed by atoms with Gasteiger partial charge >= 0.3 is 0 Å². The van der Waals surface area contributed by atoms with Crippen molar-refractivity contribution in [2.45, 2.75) is 31.6 Å². The number of nitro benzene ring substituents is 1. The third-order valence-electron chi connectivity index (χ3n) is 7.28. The van der Waals surface area contributed by atoms with Gasteiger partial charge in [-0.25, -0.2) is 13.4 Å². The lowest BCUT2D eigenvalue weighted by Crippen LogP contribution is -2.38. The molecule has 3 aromatic carbocycles. The number of halogens is 2. The van der Waals surface area contributed by atoms with Crippen molar-refractivity contribution in [3.63, 3.8) is 0 Å². The molecular formula is C29H37Cl2N7O4S. The van der Waals surface area contributed by atoms with Crippen LogP contribution in [0.15, 0.2) is 71.6 Å². The van der Waals surface area contributed by atoms with Crippen LogP contribution in [-0.2, 0) is 29.9 Å². The van der Waals surface area contributed by atoms with Crippen molar-refractivity contribution in [1.29, 1.82) is 5.41 Å². The molecule has 1 aromatic heterocycles. The highest BCUT2D eigenvalue weighted by Crippen LogP contribution is 2.29. The van der Waals surface area contributed by atoms with Crippen molar-refractivity contribution in [1.82, 2.24) is 14.5 Å². The fourth-order valence-corrected chi connectivity index (χ4v) is 6.26. The number of hydrogen-bond acceptors (Lipinski definition) is 7. The first-order valence-electron chi connectivity index (χ1n) is 13.4. The van der Waals surface area contributed by atoms with Gasteiger partial charge in [-0.2, -0.15) is 0 Å². The number of anilines is 1. The summed E-state index contributed by atoms with van der Waals surface area (Å²) in [5, 5.41) is 18.9. The molecule has 1 heterocycles. The molecule has 4 rings (SSSR count). The maximum absolute atomic E-state index is 13.9. The number of benzene rings is 3. The molecule has 0 aliphatic carbocycles. The number of nitrogens with zero attached hydrogens (tertiary/aromatic N) is 5. The first-order chi connectivity index (χ1) is 19.5. The third kappa shape index (κ3) is 8.02. The summed E-state index contributed by atoms with van der Waals surface area (Å²) in [6.07, 6.45) is 1.40. The van der Waals surface area contributed by atoms with Crippen molar-refractivity contribution in [2.75, 3.05) is 30.5 Å². The Kier molecular flexibility index (Phi) is 12.5. The average Bonchev–Trinajstić information content (AvgIpc) is 3.28.